The lowest BCUT2D eigenvalue weighted by Gasteiger charge is -2.27. The summed E-state index contributed by atoms with van der Waals surface area (Å²) < 4.78 is 23.2. The molecule has 152 valence electrons. The second kappa shape index (κ2) is 7.96. The Morgan fingerprint density at radius 1 is 1.31 bits per heavy atom. The molecule has 2 unspecified atom stereocenters. The molecule has 29 heavy (non-hydrogen) atoms. The standard InChI is InChI=1S/C20H21N3O5S/c1-25-14-6-4-13(5-7-14)15-10-23-16(11-29-19(23)22-15)18(24)21-12-20(27-3)9-8-17(26-2)28-20/h4-11,17H,12H2,1-3H3,(H,21,24). The first-order valence-corrected chi connectivity index (χ1v) is 9.80. The fraction of sp³-hybridized carbons (Fsp3) is 0.300. The summed E-state index contributed by atoms with van der Waals surface area (Å²) >= 11 is 1.40. The summed E-state index contributed by atoms with van der Waals surface area (Å²) in [5, 5.41) is 4.64. The van der Waals surface area contributed by atoms with E-state index in [9.17, 15) is 4.79 Å². The number of nitrogens with one attached hydrogen (secondary N) is 1. The Kier molecular flexibility index (Phi) is 5.37. The maximum absolute atomic E-state index is 12.8. The molecule has 8 nitrogen and oxygen atoms in total. The van der Waals surface area contributed by atoms with Gasteiger partial charge in [-0.2, -0.15) is 0 Å². The molecule has 3 aromatic rings. The Bertz CT molecular complexity index is 1040. The van der Waals surface area contributed by atoms with Crippen molar-refractivity contribution in [3.63, 3.8) is 0 Å². The van der Waals surface area contributed by atoms with Crippen molar-refractivity contribution < 1.29 is 23.7 Å². The molecule has 9 heteroatoms. The molecule has 1 amide bonds. The number of rotatable bonds is 7. The van der Waals surface area contributed by atoms with Gasteiger partial charge in [0.1, 0.15) is 11.4 Å². The van der Waals surface area contributed by atoms with Crippen LogP contribution in [0.1, 0.15) is 10.5 Å². The first-order chi connectivity index (χ1) is 14.1. The van der Waals surface area contributed by atoms with Crippen LogP contribution in [0.2, 0.25) is 0 Å². The third-order valence-electron chi connectivity index (χ3n) is 4.72. The van der Waals surface area contributed by atoms with Crippen LogP contribution in [0.25, 0.3) is 16.2 Å². The van der Waals surface area contributed by atoms with E-state index in [4.69, 9.17) is 18.9 Å². The van der Waals surface area contributed by atoms with Crippen molar-refractivity contribution in [2.24, 2.45) is 0 Å². The van der Waals surface area contributed by atoms with E-state index in [0.717, 1.165) is 22.0 Å². The predicted molar refractivity (Wildman–Crippen MR) is 108 cm³/mol. The molecule has 0 saturated heterocycles. The average Bonchev–Trinajstić information content (AvgIpc) is 3.46. The van der Waals surface area contributed by atoms with E-state index < -0.39 is 12.1 Å². The number of fused-ring (bicyclic) bond motifs is 1. The molecular formula is C20H21N3O5S. The molecule has 2 atom stereocenters. The number of benzene rings is 1. The van der Waals surface area contributed by atoms with Crippen molar-refractivity contribution in [3.05, 3.63) is 53.7 Å². The third kappa shape index (κ3) is 3.77. The first kappa shape index (κ1) is 19.6. The minimum atomic E-state index is -1.05. The largest absolute Gasteiger partial charge is 0.497 e. The van der Waals surface area contributed by atoms with Crippen LogP contribution in [-0.4, -0.2) is 55.2 Å². The number of imidazole rings is 1. The number of ether oxygens (including phenoxy) is 4. The van der Waals surface area contributed by atoms with Gasteiger partial charge in [-0.3, -0.25) is 9.20 Å². The normalized spacial score (nSPS) is 21.0. The van der Waals surface area contributed by atoms with Gasteiger partial charge in [0.2, 0.25) is 5.79 Å². The van der Waals surface area contributed by atoms with Crippen LogP contribution >= 0.6 is 11.3 Å². The summed E-state index contributed by atoms with van der Waals surface area (Å²) in [4.78, 5) is 18.1. The first-order valence-electron chi connectivity index (χ1n) is 8.92. The minimum Gasteiger partial charge on any atom is -0.497 e. The number of carbonyl (C=O) groups is 1. The molecule has 0 saturated carbocycles. The monoisotopic (exact) mass is 415 g/mol. The fourth-order valence-corrected chi connectivity index (χ4v) is 3.91. The Morgan fingerprint density at radius 3 is 2.76 bits per heavy atom. The molecule has 0 aliphatic carbocycles. The van der Waals surface area contributed by atoms with Gasteiger partial charge >= 0.3 is 0 Å². The molecule has 0 fully saturated rings. The van der Waals surface area contributed by atoms with Gasteiger partial charge in [0.15, 0.2) is 11.3 Å². The van der Waals surface area contributed by atoms with Crippen LogP contribution in [0.4, 0.5) is 0 Å². The Morgan fingerprint density at radius 2 is 2.10 bits per heavy atom. The number of thiazole rings is 1. The molecule has 2 aromatic heterocycles. The fourth-order valence-electron chi connectivity index (χ4n) is 3.06. The summed E-state index contributed by atoms with van der Waals surface area (Å²) in [5.74, 6) is -0.515. The van der Waals surface area contributed by atoms with Gasteiger partial charge in [-0.25, -0.2) is 4.98 Å². The van der Waals surface area contributed by atoms with Crippen LogP contribution in [0.5, 0.6) is 5.75 Å². The summed E-state index contributed by atoms with van der Waals surface area (Å²) in [6, 6.07) is 7.62. The average molecular weight is 415 g/mol. The highest BCUT2D eigenvalue weighted by atomic mass is 32.1. The summed E-state index contributed by atoms with van der Waals surface area (Å²) in [7, 11) is 4.69. The van der Waals surface area contributed by atoms with E-state index in [1.165, 1.54) is 18.4 Å². The zero-order chi connectivity index (χ0) is 20.4. The van der Waals surface area contributed by atoms with E-state index in [1.54, 1.807) is 36.2 Å². The van der Waals surface area contributed by atoms with E-state index >= 15 is 0 Å². The number of carbonyl (C=O) groups excluding carboxylic acids is 1. The molecule has 3 heterocycles. The molecule has 4 rings (SSSR count). The molecule has 0 bridgehead atoms. The van der Waals surface area contributed by atoms with Crippen molar-refractivity contribution in [1.82, 2.24) is 14.7 Å². The van der Waals surface area contributed by atoms with Crippen LogP contribution in [-0.2, 0) is 14.2 Å². The predicted octanol–water partition coefficient (Wildman–Crippen LogP) is 2.70. The number of hydrogen-bond acceptors (Lipinski definition) is 7. The second-order valence-electron chi connectivity index (χ2n) is 6.41. The van der Waals surface area contributed by atoms with Gasteiger partial charge in [0, 0.05) is 31.4 Å². The second-order valence-corrected chi connectivity index (χ2v) is 7.24. The molecule has 0 radical (unpaired) electrons. The highest BCUT2D eigenvalue weighted by Gasteiger charge is 2.36. The Hall–Kier alpha value is -2.72. The lowest BCUT2D eigenvalue weighted by atomic mass is 10.2. The molecule has 0 spiro atoms. The van der Waals surface area contributed by atoms with Crippen molar-refractivity contribution >= 4 is 22.2 Å². The smallest absolute Gasteiger partial charge is 0.269 e. The lowest BCUT2D eigenvalue weighted by Crippen LogP contribution is -2.44. The van der Waals surface area contributed by atoms with Gasteiger partial charge in [-0.1, -0.05) is 0 Å². The van der Waals surface area contributed by atoms with Crippen LogP contribution in [0.3, 0.4) is 0 Å². The zero-order valence-electron chi connectivity index (χ0n) is 16.2. The van der Waals surface area contributed by atoms with Crippen LogP contribution in [0.15, 0.2) is 48.0 Å². The van der Waals surface area contributed by atoms with Gasteiger partial charge in [0.25, 0.3) is 5.91 Å². The van der Waals surface area contributed by atoms with Crippen molar-refractivity contribution in [1.29, 1.82) is 0 Å². The van der Waals surface area contributed by atoms with E-state index in [1.807, 2.05) is 30.5 Å². The number of aromatic nitrogens is 2. The molecule has 1 aromatic carbocycles. The maximum atomic E-state index is 12.8. The van der Waals surface area contributed by atoms with Crippen molar-refractivity contribution in [3.8, 4) is 17.0 Å². The van der Waals surface area contributed by atoms with Gasteiger partial charge in [0.05, 0.1) is 19.3 Å². The Labute approximate surface area is 171 Å². The van der Waals surface area contributed by atoms with Gasteiger partial charge < -0.3 is 24.3 Å². The maximum Gasteiger partial charge on any atom is 0.269 e. The highest BCUT2D eigenvalue weighted by molar-refractivity contribution is 7.15. The molecule has 1 aliphatic heterocycles. The topological polar surface area (TPSA) is 83.3 Å². The number of hydrogen-bond donors (Lipinski definition) is 1. The molecule has 1 N–H and O–H groups in total. The quantitative estimate of drug-likeness (QED) is 0.598. The summed E-state index contributed by atoms with van der Waals surface area (Å²) in [6.45, 7) is 0.149. The zero-order valence-corrected chi connectivity index (χ0v) is 17.1. The van der Waals surface area contributed by atoms with E-state index in [2.05, 4.69) is 10.3 Å². The van der Waals surface area contributed by atoms with Gasteiger partial charge in [-0.05, 0) is 36.4 Å². The third-order valence-corrected chi connectivity index (χ3v) is 5.56. The van der Waals surface area contributed by atoms with E-state index in [0.29, 0.717) is 5.69 Å². The number of amides is 1. The van der Waals surface area contributed by atoms with Crippen LogP contribution < -0.4 is 10.1 Å². The van der Waals surface area contributed by atoms with Crippen LogP contribution in [0, 0.1) is 0 Å². The Balaban J connectivity index is 1.51. The summed E-state index contributed by atoms with van der Waals surface area (Å²) in [6.07, 6.45) is 4.83. The lowest BCUT2D eigenvalue weighted by molar-refractivity contribution is -0.238. The van der Waals surface area contributed by atoms with Gasteiger partial charge in [-0.15, -0.1) is 11.3 Å². The summed E-state index contributed by atoms with van der Waals surface area (Å²) in [5.41, 5.74) is 2.22. The highest BCUT2D eigenvalue weighted by Crippen LogP contribution is 2.26. The number of methoxy groups -OCH3 is 3. The van der Waals surface area contributed by atoms with Crippen molar-refractivity contribution in [2.75, 3.05) is 27.9 Å². The molecular weight excluding hydrogens is 394 g/mol. The SMILES string of the molecule is COc1ccc(-c2cn3c(C(=O)NCC4(OC)C=CC(OC)O4)csc3n2)cc1. The van der Waals surface area contributed by atoms with E-state index in [-0.39, 0.29) is 12.5 Å². The van der Waals surface area contributed by atoms with Crippen molar-refractivity contribution in [2.45, 2.75) is 12.1 Å². The molecule has 1 aliphatic rings. The minimum absolute atomic E-state index is 0.149. The number of nitrogens with zero attached hydrogens (tertiary/aromatic N) is 2.